The molecule has 0 bridgehead atoms. The van der Waals surface area contributed by atoms with Crippen LogP contribution in [0.15, 0.2) is 30.3 Å². The van der Waals surface area contributed by atoms with Crippen molar-refractivity contribution in [2.24, 2.45) is 11.8 Å². The van der Waals surface area contributed by atoms with Gasteiger partial charge >= 0.3 is 5.97 Å². The number of ether oxygens (including phenoxy) is 1. The third-order valence-electron chi connectivity index (χ3n) is 7.17. The molecule has 33 heavy (non-hydrogen) atoms. The van der Waals surface area contributed by atoms with Gasteiger partial charge in [0.15, 0.2) is 0 Å². The fraction of sp³-hybridized carbons (Fsp3) is 0.538. The molecule has 0 spiro atoms. The van der Waals surface area contributed by atoms with Crippen LogP contribution in [0.2, 0.25) is 0 Å². The van der Waals surface area contributed by atoms with Crippen molar-refractivity contribution in [1.82, 2.24) is 0 Å². The quantitative estimate of drug-likeness (QED) is 0.574. The summed E-state index contributed by atoms with van der Waals surface area (Å²) in [4.78, 5) is 28.9. The van der Waals surface area contributed by atoms with Gasteiger partial charge in [-0.15, -0.1) is 11.3 Å². The molecule has 6 nitrogen and oxygen atoms in total. The average Bonchev–Trinajstić information content (AvgIpc) is 3.26. The van der Waals surface area contributed by atoms with Gasteiger partial charge < -0.3 is 19.8 Å². The van der Waals surface area contributed by atoms with Crippen LogP contribution in [0.3, 0.4) is 0 Å². The Morgan fingerprint density at radius 2 is 1.64 bits per heavy atom. The van der Waals surface area contributed by atoms with E-state index in [4.69, 9.17) is 4.74 Å². The van der Waals surface area contributed by atoms with Crippen molar-refractivity contribution in [3.63, 3.8) is 0 Å². The maximum Gasteiger partial charge on any atom is 0.348 e. The van der Waals surface area contributed by atoms with Gasteiger partial charge in [0, 0.05) is 16.8 Å². The van der Waals surface area contributed by atoms with Gasteiger partial charge in [0.25, 0.3) is 0 Å². The number of rotatable bonds is 6. The minimum Gasteiger partial charge on any atom is -0.497 e. The van der Waals surface area contributed by atoms with Crippen LogP contribution in [0.25, 0.3) is 10.4 Å². The van der Waals surface area contributed by atoms with Crippen LogP contribution >= 0.6 is 11.3 Å². The molecule has 1 heterocycles. The lowest BCUT2D eigenvalue weighted by Crippen LogP contribution is -2.47. The standard InChI is InChI=1S/C26H33NO5S/c1-16-3-5-18(6-4-16)25(29)27(19-9-11-20(28)12-10-19)22-15-23(33-24(22)26(30)31)17-7-13-21(32-2)14-8-17/h7-8,13-16,18-20,28H,3-6,9-12H2,1-2H3,(H,30,31). The molecule has 1 aromatic heterocycles. The van der Waals surface area contributed by atoms with Crippen molar-refractivity contribution >= 4 is 28.9 Å². The highest BCUT2D eigenvalue weighted by Gasteiger charge is 2.37. The zero-order chi connectivity index (χ0) is 23.5. The first-order valence-electron chi connectivity index (χ1n) is 11.9. The molecule has 0 saturated heterocycles. The number of benzene rings is 1. The smallest absolute Gasteiger partial charge is 0.348 e. The summed E-state index contributed by atoms with van der Waals surface area (Å²) in [5.41, 5.74) is 1.40. The second kappa shape index (κ2) is 10.3. The number of aliphatic hydroxyl groups is 1. The van der Waals surface area contributed by atoms with E-state index in [9.17, 15) is 19.8 Å². The molecule has 7 heteroatoms. The number of hydrogen-bond acceptors (Lipinski definition) is 5. The highest BCUT2D eigenvalue weighted by atomic mass is 32.1. The number of carboxylic acids is 1. The largest absolute Gasteiger partial charge is 0.497 e. The number of hydrogen-bond donors (Lipinski definition) is 2. The molecule has 178 valence electrons. The van der Waals surface area contributed by atoms with E-state index in [1.807, 2.05) is 30.3 Å². The molecule has 2 fully saturated rings. The van der Waals surface area contributed by atoms with Crippen LogP contribution in [-0.2, 0) is 4.79 Å². The number of anilines is 1. The second-order valence-electron chi connectivity index (χ2n) is 9.49. The second-order valence-corrected chi connectivity index (χ2v) is 10.5. The van der Waals surface area contributed by atoms with Crippen molar-refractivity contribution in [3.05, 3.63) is 35.2 Å². The molecule has 0 unspecified atom stereocenters. The van der Waals surface area contributed by atoms with E-state index in [1.54, 1.807) is 12.0 Å². The highest BCUT2D eigenvalue weighted by molar-refractivity contribution is 7.18. The molecule has 2 aromatic rings. The third-order valence-corrected chi connectivity index (χ3v) is 8.34. The topological polar surface area (TPSA) is 87.1 Å². The van der Waals surface area contributed by atoms with E-state index in [0.717, 1.165) is 41.9 Å². The maximum absolute atomic E-state index is 13.8. The van der Waals surface area contributed by atoms with Gasteiger partial charge in [0.2, 0.25) is 5.91 Å². The van der Waals surface area contributed by atoms with Gasteiger partial charge in [0.1, 0.15) is 10.6 Å². The Bertz CT molecular complexity index is 969. The van der Waals surface area contributed by atoms with Crippen molar-refractivity contribution in [1.29, 1.82) is 0 Å². The maximum atomic E-state index is 13.8. The normalized spacial score (nSPS) is 25.4. The Morgan fingerprint density at radius 3 is 2.21 bits per heavy atom. The van der Waals surface area contributed by atoms with Gasteiger partial charge in [-0.2, -0.15) is 0 Å². The first-order chi connectivity index (χ1) is 15.9. The number of methoxy groups -OCH3 is 1. The number of carbonyl (C=O) groups is 2. The molecule has 4 rings (SSSR count). The van der Waals surface area contributed by atoms with Crippen molar-refractivity contribution < 1.29 is 24.5 Å². The van der Waals surface area contributed by atoms with E-state index < -0.39 is 5.97 Å². The number of aromatic carboxylic acids is 1. The van der Waals surface area contributed by atoms with E-state index in [2.05, 4.69) is 6.92 Å². The molecular weight excluding hydrogens is 438 g/mol. The first kappa shape index (κ1) is 23.8. The van der Waals surface area contributed by atoms with Gasteiger partial charge in [-0.3, -0.25) is 4.79 Å². The Labute approximate surface area is 199 Å². The molecule has 2 N–H and O–H groups in total. The minimum atomic E-state index is -1.01. The number of carbonyl (C=O) groups excluding carboxylic acids is 1. The average molecular weight is 472 g/mol. The Kier molecular flexibility index (Phi) is 7.39. The van der Waals surface area contributed by atoms with Crippen LogP contribution in [-0.4, -0.2) is 41.3 Å². The summed E-state index contributed by atoms with van der Waals surface area (Å²) in [6.07, 6.45) is 6.05. The van der Waals surface area contributed by atoms with Crippen molar-refractivity contribution in [3.8, 4) is 16.2 Å². The SMILES string of the molecule is COc1ccc(-c2cc(N(C(=O)C3CCC(C)CC3)C3CCC(O)CC3)c(C(=O)O)s2)cc1. The number of carboxylic acid groups (broad SMARTS) is 1. The van der Waals surface area contributed by atoms with Gasteiger partial charge in [-0.25, -0.2) is 4.79 Å². The summed E-state index contributed by atoms with van der Waals surface area (Å²) in [6, 6.07) is 9.30. The molecule has 0 aliphatic heterocycles. The van der Waals surface area contributed by atoms with Crippen LogP contribution < -0.4 is 9.64 Å². The molecular formula is C26H33NO5S. The number of aliphatic hydroxyl groups excluding tert-OH is 1. The van der Waals surface area contributed by atoms with E-state index in [0.29, 0.717) is 37.3 Å². The molecule has 2 aliphatic rings. The van der Waals surface area contributed by atoms with Gasteiger partial charge in [-0.1, -0.05) is 6.92 Å². The summed E-state index contributed by atoms with van der Waals surface area (Å²) in [5, 5.41) is 20.1. The predicted octanol–water partition coefficient (Wildman–Crippen LogP) is 5.58. The summed E-state index contributed by atoms with van der Waals surface area (Å²) >= 11 is 1.21. The highest BCUT2D eigenvalue weighted by Crippen LogP contribution is 2.42. The summed E-state index contributed by atoms with van der Waals surface area (Å²) in [6.45, 7) is 2.23. The molecule has 0 radical (unpaired) electrons. The van der Waals surface area contributed by atoms with Crippen LogP contribution in [0.5, 0.6) is 5.75 Å². The Hall–Kier alpha value is -2.38. The fourth-order valence-electron chi connectivity index (χ4n) is 5.13. The zero-order valence-electron chi connectivity index (χ0n) is 19.3. The third kappa shape index (κ3) is 5.25. The monoisotopic (exact) mass is 471 g/mol. The minimum absolute atomic E-state index is 0.0462. The van der Waals surface area contributed by atoms with Crippen LogP contribution in [0.1, 0.15) is 68.0 Å². The van der Waals surface area contributed by atoms with E-state index in [1.165, 1.54) is 11.3 Å². The molecule has 2 saturated carbocycles. The lowest BCUT2D eigenvalue weighted by molar-refractivity contribution is -0.124. The molecule has 1 amide bonds. The Balaban J connectivity index is 1.72. The van der Waals surface area contributed by atoms with Gasteiger partial charge in [0.05, 0.1) is 18.9 Å². The zero-order valence-corrected chi connectivity index (χ0v) is 20.1. The summed E-state index contributed by atoms with van der Waals surface area (Å²) in [7, 11) is 1.61. The molecule has 1 aromatic carbocycles. The van der Waals surface area contributed by atoms with Crippen LogP contribution in [0, 0.1) is 11.8 Å². The first-order valence-corrected chi connectivity index (χ1v) is 12.7. The van der Waals surface area contributed by atoms with Crippen LogP contribution in [0.4, 0.5) is 5.69 Å². The number of thiophene rings is 1. The number of nitrogens with zero attached hydrogens (tertiary/aromatic N) is 1. The lowest BCUT2D eigenvalue weighted by atomic mass is 9.81. The fourth-order valence-corrected chi connectivity index (χ4v) is 6.12. The van der Waals surface area contributed by atoms with Crippen molar-refractivity contribution in [2.75, 3.05) is 12.0 Å². The molecule has 0 atom stereocenters. The van der Waals surface area contributed by atoms with E-state index in [-0.39, 0.29) is 28.8 Å². The summed E-state index contributed by atoms with van der Waals surface area (Å²) < 4.78 is 5.24. The van der Waals surface area contributed by atoms with Gasteiger partial charge in [-0.05, 0) is 93.2 Å². The number of amides is 1. The summed E-state index contributed by atoms with van der Waals surface area (Å²) in [5.74, 6) is 0.326. The predicted molar refractivity (Wildman–Crippen MR) is 130 cm³/mol. The molecule has 2 aliphatic carbocycles. The Morgan fingerprint density at radius 1 is 1.00 bits per heavy atom. The van der Waals surface area contributed by atoms with E-state index >= 15 is 0 Å². The lowest BCUT2D eigenvalue weighted by Gasteiger charge is -2.38. The van der Waals surface area contributed by atoms with Crippen molar-refractivity contribution in [2.45, 2.75) is 70.4 Å².